The molecule has 2 rings (SSSR count). The molecule has 1 amide bonds. The van der Waals surface area contributed by atoms with E-state index in [0.717, 1.165) is 11.3 Å². The van der Waals surface area contributed by atoms with E-state index in [1.165, 1.54) is 13.0 Å². The van der Waals surface area contributed by atoms with Gasteiger partial charge in [0.2, 0.25) is 5.91 Å². The standard InChI is InChI=1S/C25H31F3N4O3.C2H6O.C2H6/c1-5-7-19(13-18(3)35-25(26,27)28)23-14-21(16-30-24(34)20(10-11-33)15-29-4)31-32(23)22-9-6-8-17(2)12-22;1-2-3;1-2/h6-9,11-14,20,29H,5,10,15-16H2,1-4H3,(H,30,34);3H,2H2,1H3;1-2H3/b18-13+,19-7+;;/t20-;;/m0../s1. The topological polar surface area (TPSA) is 105 Å². The molecule has 40 heavy (non-hydrogen) atoms. The molecule has 0 unspecified atom stereocenters. The molecule has 0 fully saturated rings. The largest absolute Gasteiger partial charge is 0.572 e. The number of hydrogen-bond acceptors (Lipinski definition) is 6. The molecule has 2 aromatic rings. The van der Waals surface area contributed by atoms with E-state index in [2.05, 4.69) is 20.5 Å². The van der Waals surface area contributed by atoms with Crippen LogP contribution in [0, 0.1) is 12.8 Å². The number of aldehydes is 1. The van der Waals surface area contributed by atoms with Gasteiger partial charge in [-0.05, 0) is 69.7 Å². The highest BCUT2D eigenvalue weighted by Crippen LogP contribution is 2.27. The molecule has 0 aliphatic carbocycles. The fourth-order valence-corrected chi connectivity index (χ4v) is 3.53. The summed E-state index contributed by atoms with van der Waals surface area (Å²) in [6, 6.07) is 9.24. The number of aryl methyl sites for hydroxylation is 1. The summed E-state index contributed by atoms with van der Waals surface area (Å²) in [4.78, 5) is 23.4. The highest BCUT2D eigenvalue weighted by molar-refractivity contribution is 5.81. The number of aliphatic hydroxyl groups is 1. The van der Waals surface area contributed by atoms with Gasteiger partial charge in [0.25, 0.3) is 0 Å². The first kappa shape index (κ1) is 36.6. The van der Waals surface area contributed by atoms with Crippen LogP contribution >= 0.6 is 0 Å². The lowest BCUT2D eigenvalue weighted by molar-refractivity contribution is -0.305. The number of halogens is 3. The first-order valence-corrected chi connectivity index (χ1v) is 13.3. The van der Waals surface area contributed by atoms with E-state index >= 15 is 0 Å². The van der Waals surface area contributed by atoms with E-state index in [-0.39, 0.29) is 31.2 Å². The lowest BCUT2D eigenvalue weighted by Gasteiger charge is -2.13. The third-order valence-corrected chi connectivity index (χ3v) is 5.01. The Bertz CT molecular complexity index is 1100. The van der Waals surface area contributed by atoms with E-state index in [1.807, 2.05) is 52.0 Å². The first-order valence-electron chi connectivity index (χ1n) is 13.3. The fourth-order valence-electron chi connectivity index (χ4n) is 3.53. The number of alkyl halides is 3. The lowest BCUT2D eigenvalue weighted by Crippen LogP contribution is -2.36. The van der Waals surface area contributed by atoms with Gasteiger partial charge in [-0.25, -0.2) is 4.68 Å². The van der Waals surface area contributed by atoms with Crippen molar-refractivity contribution in [2.75, 3.05) is 20.2 Å². The minimum Gasteiger partial charge on any atom is -0.411 e. The molecule has 0 saturated carbocycles. The van der Waals surface area contributed by atoms with Crippen molar-refractivity contribution in [3.8, 4) is 5.69 Å². The van der Waals surface area contributed by atoms with Gasteiger partial charge in [-0.1, -0.05) is 39.0 Å². The number of carbonyl (C=O) groups excluding carboxylic acids is 2. The second kappa shape index (κ2) is 19.6. The minimum absolute atomic E-state index is 0.0856. The molecule has 0 spiro atoms. The van der Waals surface area contributed by atoms with Crippen molar-refractivity contribution in [1.29, 1.82) is 0 Å². The maximum atomic E-state index is 12.7. The Kier molecular flexibility index (Phi) is 17.9. The van der Waals surface area contributed by atoms with Crippen molar-refractivity contribution in [1.82, 2.24) is 20.4 Å². The van der Waals surface area contributed by atoms with Crippen LogP contribution in [-0.2, 0) is 20.9 Å². The van der Waals surface area contributed by atoms with Crippen molar-refractivity contribution in [3.05, 3.63) is 65.2 Å². The SMILES string of the molecule is CC.CC/C=C(\C=C(/C)OC(F)(F)F)c1cc(CNC(=O)[C@@H](CC=O)CNC)nn1-c1cccc(C)c1.CCO. The van der Waals surface area contributed by atoms with Crippen LogP contribution in [0.15, 0.2) is 48.2 Å². The average Bonchev–Trinajstić information content (AvgIpc) is 3.32. The Morgan fingerprint density at radius 3 is 2.40 bits per heavy atom. The molecule has 0 aliphatic rings. The summed E-state index contributed by atoms with van der Waals surface area (Å²) in [6.45, 7) is 11.4. The van der Waals surface area contributed by atoms with Crippen molar-refractivity contribution in [2.45, 2.75) is 67.3 Å². The highest BCUT2D eigenvalue weighted by atomic mass is 19.4. The zero-order chi connectivity index (χ0) is 30.7. The van der Waals surface area contributed by atoms with Crippen LogP contribution in [0.5, 0.6) is 0 Å². The van der Waals surface area contributed by atoms with Gasteiger partial charge in [0, 0.05) is 19.6 Å². The predicted molar refractivity (Wildman–Crippen MR) is 152 cm³/mol. The zero-order valence-corrected chi connectivity index (χ0v) is 24.4. The van der Waals surface area contributed by atoms with Crippen LogP contribution in [0.3, 0.4) is 0 Å². The number of ether oxygens (including phenoxy) is 1. The Morgan fingerprint density at radius 2 is 1.88 bits per heavy atom. The summed E-state index contributed by atoms with van der Waals surface area (Å²) in [6.07, 6.45) is -0.352. The number of benzene rings is 1. The maximum absolute atomic E-state index is 12.7. The number of carbonyl (C=O) groups is 2. The summed E-state index contributed by atoms with van der Waals surface area (Å²) in [5, 5.41) is 17.9. The second-order valence-electron chi connectivity index (χ2n) is 8.33. The molecular weight excluding hydrogens is 525 g/mol. The van der Waals surface area contributed by atoms with E-state index in [9.17, 15) is 22.8 Å². The molecule has 0 saturated heterocycles. The molecule has 1 heterocycles. The third-order valence-electron chi connectivity index (χ3n) is 5.01. The first-order chi connectivity index (χ1) is 19.0. The van der Waals surface area contributed by atoms with Gasteiger partial charge in [0.1, 0.15) is 12.0 Å². The quantitative estimate of drug-likeness (QED) is 0.178. The minimum atomic E-state index is -4.80. The highest BCUT2D eigenvalue weighted by Gasteiger charge is 2.31. The molecule has 11 heteroatoms. The normalized spacial score (nSPS) is 12.4. The van der Waals surface area contributed by atoms with Crippen LogP contribution in [0.2, 0.25) is 0 Å². The second-order valence-corrected chi connectivity index (χ2v) is 8.33. The number of aromatic nitrogens is 2. The number of nitrogens with zero attached hydrogens (tertiary/aromatic N) is 2. The van der Waals surface area contributed by atoms with Crippen LogP contribution in [0.25, 0.3) is 11.3 Å². The third kappa shape index (κ3) is 13.6. The molecular formula is C29H43F3N4O4. The van der Waals surface area contributed by atoms with Gasteiger partial charge in [0.15, 0.2) is 0 Å². The van der Waals surface area contributed by atoms with E-state index < -0.39 is 12.3 Å². The number of rotatable bonds is 12. The molecule has 1 atom stereocenters. The Balaban J connectivity index is 0.00000284. The van der Waals surface area contributed by atoms with Crippen molar-refractivity contribution < 1.29 is 32.6 Å². The van der Waals surface area contributed by atoms with Crippen LogP contribution in [0.1, 0.15) is 64.4 Å². The van der Waals surface area contributed by atoms with E-state index in [0.29, 0.717) is 36.2 Å². The number of hydrogen-bond donors (Lipinski definition) is 3. The lowest BCUT2D eigenvalue weighted by atomic mass is 10.1. The molecule has 1 aromatic heterocycles. The van der Waals surface area contributed by atoms with Gasteiger partial charge in [-0.15, -0.1) is 13.2 Å². The van der Waals surface area contributed by atoms with Gasteiger partial charge in [-0.3, -0.25) is 4.79 Å². The summed E-state index contributed by atoms with van der Waals surface area (Å²) in [7, 11) is 1.69. The number of amides is 1. The predicted octanol–water partition coefficient (Wildman–Crippen LogP) is 5.48. The number of allylic oxidation sites excluding steroid dienone is 4. The molecule has 8 nitrogen and oxygen atoms in total. The van der Waals surface area contributed by atoms with Crippen LogP contribution in [-0.4, -0.2) is 53.6 Å². The molecule has 1 aromatic carbocycles. The average molecular weight is 569 g/mol. The Hall–Kier alpha value is -3.44. The summed E-state index contributed by atoms with van der Waals surface area (Å²) < 4.78 is 43.9. The van der Waals surface area contributed by atoms with E-state index in [1.54, 1.807) is 30.8 Å². The van der Waals surface area contributed by atoms with E-state index in [4.69, 9.17) is 5.11 Å². The molecule has 224 valence electrons. The zero-order valence-electron chi connectivity index (χ0n) is 24.4. The van der Waals surface area contributed by atoms with Crippen LogP contribution in [0.4, 0.5) is 13.2 Å². The number of nitrogens with one attached hydrogen (secondary N) is 2. The maximum Gasteiger partial charge on any atom is 0.572 e. The summed E-state index contributed by atoms with van der Waals surface area (Å²) in [5.74, 6) is -1.12. The molecule has 3 N–H and O–H groups in total. The van der Waals surface area contributed by atoms with Gasteiger partial charge in [0.05, 0.1) is 29.5 Å². The molecule has 0 aliphatic heterocycles. The Labute approximate surface area is 235 Å². The van der Waals surface area contributed by atoms with Crippen molar-refractivity contribution in [2.24, 2.45) is 5.92 Å². The van der Waals surface area contributed by atoms with Crippen LogP contribution < -0.4 is 10.6 Å². The molecule has 0 radical (unpaired) electrons. The molecule has 0 bridgehead atoms. The summed E-state index contributed by atoms with van der Waals surface area (Å²) >= 11 is 0. The Morgan fingerprint density at radius 1 is 1.23 bits per heavy atom. The van der Waals surface area contributed by atoms with Gasteiger partial charge in [-0.2, -0.15) is 5.10 Å². The van der Waals surface area contributed by atoms with Crippen molar-refractivity contribution in [3.63, 3.8) is 0 Å². The summed E-state index contributed by atoms with van der Waals surface area (Å²) in [5.41, 5.74) is 3.25. The number of aliphatic hydroxyl groups excluding tert-OH is 1. The van der Waals surface area contributed by atoms with Gasteiger partial charge >= 0.3 is 6.36 Å². The van der Waals surface area contributed by atoms with Gasteiger partial charge < -0.3 is 25.3 Å². The van der Waals surface area contributed by atoms with Crippen molar-refractivity contribution >= 4 is 17.8 Å². The smallest absolute Gasteiger partial charge is 0.411 e. The fraction of sp³-hybridized carbons (Fsp3) is 0.483. The monoisotopic (exact) mass is 568 g/mol.